The molecular formula is C11H15Br2NS. The molecule has 1 nitrogen and oxygen atoms in total. The molecule has 15 heavy (non-hydrogen) atoms. The van der Waals surface area contributed by atoms with Crippen molar-refractivity contribution in [3.8, 4) is 0 Å². The van der Waals surface area contributed by atoms with Gasteiger partial charge in [0, 0.05) is 21.9 Å². The lowest BCUT2D eigenvalue weighted by Gasteiger charge is -2.10. The highest BCUT2D eigenvalue weighted by molar-refractivity contribution is 9.13. The van der Waals surface area contributed by atoms with Gasteiger partial charge in [0.15, 0.2) is 0 Å². The van der Waals surface area contributed by atoms with E-state index in [4.69, 9.17) is 0 Å². The summed E-state index contributed by atoms with van der Waals surface area (Å²) in [4.78, 5) is 1.40. The Morgan fingerprint density at radius 3 is 2.80 bits per heavy atom. The molecule has 0 radical (unpaired) electrons. The third-order valence-corrected chi connectivity index (χ3v) is 6.21. The molecule has 0 amide bonds. The fourth-order valence-electron chi connectivity index (χ4n) is 2.12. The third-order valence-electron chi connectivity index (χ3n) is 2.96. The van der Waals surface area contributed by atoms with Gasteiger partial charge in [0.05, 0.1) is 3.79 Å². The van der Waals surface area contributed by atoms with E-state index in [-0.39, 0.29) is 0 Å². The molecule has 1 fully saturated rings. The van der Waals surface area contributed by atoms with Crippen molar-refractivity contribution in [2.75, 3.05) is 0 Å². The van der Waals surface area contributed by atoms with Crippen LogP contribution in [0.15, 0.2) is 14.3 Å². The Bertz CT molecular complexity index is 318. The van der Waals surface area contributed by atoms with Gasteiger partial charge in [-0.25, -0.2) is 0 Å². The summed E-state index contributed by atoms with van der Waals surface area (Å²) < 4.78 is 2.36. The van der Waals surface area contributed by atoms with Crippen LogP contribution in [0.5, 0.6) is 0 Å². The fourth-order valence-corrected chi connectivity index (χ4v) is 4.24. The Hall–Kier alpha value is 0.620. The highest BCUT2D eigenvalue weighted by atomic mass is 79.9. The van der Waals surface area contributed by atoms with Crippen molar-refractivity contribution in [2.24, 2.45) is 5.92 Å². The van der Waals surface area contributed by atoms with Crippen molar-refractivity contribution in [3.63, 3.8) is 0 Å². The van der Waals surface area contributed by atoms with Crippen LogP contribution in [0.3, 0.4) is 0 Å². The maximum atomic E-state index is 3.64. The topological polar surface area (TPSA) is 12.0 Å². The highest BCUT2D eigenvalue weighted by Gasteiger charge is 2.20. The molecule has 1 N–H and O–H groups in total. The quantitative estimate of drug-likeness (QED) is 0.841. The molecule has 0 aromatic carbocycles. The third kappa shape index (κ3) is 3.29. The monoisotopic (exact) mass is 351 g/mol. The van der Waals surface area contributed by atoms with Gasteiger partial charge in [-0.1, -0.05) is 6.92 Å². The summed E-state index contributed by atoms with van der Waals surface area (Å²) in [5, 5.41) is 3.64. The lowest BCUT2D eigenvalue weighted by molar-refractivity contribution is 0.504. The van der Waals surface area contributed by atoms with Gasteiger partial charge in [0.25, 0.3) is 0 Å². The number of nitrogens with one attached hydrogen (secondary N) is 1. The second-order valence-corrected chi connectivity index (χ2v) is 7.64. The van der Waals surface area contributed by atoms with Gasteiger partial charge >= 0.3 is 0 Å². The normalized spacial score (nSPS) is 26.1. The average Bonchev–Trinajstić information content (AvgIpc) is 2.72. The maximum Gasteiger partial charge on any atom is 0.0843 e. The minimum Gasteiger partial charge on any atom is -0.309 e. The van der Waals surface area contributed by atoms with Crippen LogP contribution in [0.25, 0.3) is 0 Å². The largest absolute Gasteiger partial charge is 0.309 e. The van der Waals surface area contributed by atoms with Crippen LogP contribution in [-0.2, 0) is 6.54 Å². The van der Waals surface area contributed by atoms with E-state index in [2.05, 4.69) is 50.2 Å². The van der Waals surface area contributed by atoms with Crippen LogP contribution in [0.4, 0.5) is 0 Å². The van der Waals surface area contributed by atoms with Crippen LogP contribution in [0.1, 0.15) is 31.1 Å². The maximum absolute atomic E-state index is 3.64. The predicted molar refractivity (Wildman–Crippen MR) is 73.4 cm³/mol. The Morgan fingerprint density at radius 1 is 1.47 bits per heavy atom. The molecule has 1 aromatic heterocycles. The van der Waals surface area contributed by atoms with Gasteiger partial charge in [-0.15, -0.1) is 11.3 Å². The van der Waals surface area contributed by atoms with Crippen molar-refractivity contribution in [1.29, 1.82) is 0 Å². The van der Waals surface area contributed by atoms with E-state index in [1.807, 2.05) is 0 Å². The van der Waals surface area contributed by atoms with Gasteiger partial charge in [0.2, 0.25) is 0 Å². The van der Waals surface area contributed by atoms with Gasteiger partial charge in [-0.3, -0.25) is 0 Å². The summed E-state index contributed by atoms with van der Waals surface area (Å²) in [6, 6.07) is 2.93. The van der Waals surface area contributed by atoms with Gasteiger partial charge in [-0.2, -0.15) is 0 Å². The molecule has 1 aromatic rings. The molecule has 1 saturated carbocycles. The van der Waals surface area contributed by atoms with Crippen LogP contribution in [-0.4, -0.2) is 6.04 Å². The van der Waals surface area contributed by atoms with Crippen LogP contribution in [0.2, 0.25) is 0 Å². The zero-order valence-electron chi connectivity index (χ0n) is 8.72. The van der Waals surface area contributed by atoms with E-state index in [0.29, 0.717) is 0 Å². The summed E-state index contributed by atoms with van der Waals surface area (Å²) >= 11 is 8.84. The molecule has 1 aliphatic carbocycles. The summed E-state index contributed by atoms with van der Waals surface area (Å²) in [5.41, 5.74) is 0. The first-order valence-electron chi connectivity index (χ1n) is 5.32. The molecule has 0 aliphatic heterocycles. The van der Waals surface area contributed by atoms with E-state index in [0.717, 1.165) is 18.5 Å². The Morgan fingerprint density at radius 2 is 2.27 bits per heavy atom. The summed E-state index contributed by atoms with van der Waals surface area (Å²) in [6.07, 6.45) is 4.07. The summed E-state index contributed by atoms with van der Waals surface area (Å²) in [6.45, 7) is 3.35. The van der Waals surface area contributed by atoms with Crippen molar-refractivity contribution in [3.05, 3.63) is 19.2 Å². The number of hydrogen-bond acceptors (Lipinski definition) is 2. The minimum atomic E-state index is 0.736. The molecule has 0 spiro atoms. The van der Waals surface area contributed by atoms with Crippen molar-refractivity contribution >= 4 is 43.2 Å². The average molecular weight is 353 g/mol. The number of hydrogen-bond donors (Lipinski definition) is 1. The lowest BCUT2D eigenvalue weighted by Crippen LogP contribution is -2.25. The second-order valence-electron chi connectivity index (χ2n) is 4.33. The summed E-state index contributed by atoms with van der Waals surface area (Å²) in [7, 11) is 0. The van der Waals surface area contributed by atoms with Crippen LogP contribution >= 0.6 is 43.2 Å². The molecule has 0 bridgehead atoms. The van der Waals surface area contributed by atoms with E-state index < -0.39 is 0 Å². The van der Waals surface area contributed by atoms with Crippen molar-refractivity contribution < 1.29 is 0 Å². The zero-order valence-corrected chi connectivity index (χ0v) is 12.7. The fraction of sp³-hybridized carbons (Fsp3) is 0.636. The molecule has 2 unspecified atom stereocenters. The predicted octanol–water partition coefficient (Wildman–Crippen LogP) is 4.55. The van der Waals surface area contributed by atoms with Gasteiger partial charge < -0.3 is 5.32 Å². The number of rotatable bonds is 3. The molecular weight excluding hydrogens is 338 g/mol. The molecule has 1 aliphatic rings. The van der Waals surface area contributed by atoms with Crippen molar-refractivity contribution in [2.45, 2.75) is 38.8 Å². The Balaban J connectivity index is 1.83. The number of thiophene rings is 1. The second kappa shape index (κ2) is 5.30. The van der Waals surface area contributed by atoms with E-state index in [1.54, 1.807) is 11.3 Å². The first-order chi connectivity index (χ1) is 7.15. The molecule has 2 atom stereocenters. The van der Waals surface area contributed by atoms with E-state index >= 15 is 0 Å². The van der Waals surface area contributed by atoms with Gasteiger partial charge in [0.1, 0.15) is 0 Å². The molecule has 84 valence electrons. The summed E-state index contributed by atoms with van der Waals surface area (Å²) in [5.74, 6) is 0.907. The van der Waals surface area contributed by atoms with Crippen LogP contribution in [0, 0.1) is 5.92 Å². The molecule has 0 saturated heterocycles. The first kappa shape index (κ1) is 12.1. The first-order valence-corrected chi connectivity index (χ1v) is 7.72. The highest BCUT2D eigenvalue weighted by Crippen LogP contribution is 2.32. The van der Waals surface area contributed by atoms with Gasteiger partial charge in [-0.05, 0) is 63.1 Å². The van der Waals surface area contributed by atoms with Crippen LogP contribution < -0.4 is 5.32 Å². The standard InChI is InChI=1S/C11H15Br2NS/c1-7-2-3-8(4-7)14-6-9-5-10(12)11(13)15-9/h5,7-8,14H,2-4,6H2,1H3. The Kier molecular flexibility index (Phi) is 4.27. The van der Waals surface area contributed by atoms with E-state index in [9.17, 15) is 0 Å². The number of halogens is 2. The smallest absolute Gasteiger partial charge is 0.0843 e. The molecule has 2 rings (SSSR count). The minimum absolute atomic E-state index is 0.736. The van der Waals surface area contributed by atoms with E-state index in [1.165, 1.54) is 32.4 Å². The molecule has 1 heterocycles. The Labute approximate surface area is 112 Å². The SMILES string of the molecule is CC1CCC(NCc2cc(Br)c(Br)s2)C1. The lowest BCUT2D eigenvalue weighted by atomic mass is 10.1. The van der Waals surface area contributed by atoms with Crippen molar-refractivity contribution in [1.82, 2.24) is 5.32 Å². The zero-order chi connectivity index (χ0) is 10.8. The molecule has 4 heteroatoms.